The highest BCUT2D eigenvalue weighted by atomic mass is 16.6. The van der Waals surface area contributed by atoms with Gasteiger partial charge in [-0.05, 0) is 76.8 Å². The van der Waals surface area contributed by atoms with E-state index in [1.165, 1.54) is 12.0 Å². The van der Waals surface area contributed by atoms with Gasteiger partial charge in [0, 0.05) is 18.2 Å². The van der Waals surface area contributed by atoms with Crippen LogP contribution < -0.4 is 10.6 Å². The number of fused-ring (bicyclic) bond motifs is 1. The molecule has 3 rings (SSSR count). The largest absolute Gasteiger partial charge is 0.480 e. The molecule has 178 valence electrons. The van der Waals surface area contributed by atoms with Gasteiger partial charge in [-0.25, -0.2) is 14.6 Å². The number of carbonyl (C=O) groups is 2. The molecule has 0 unspecified atom stereocenters. The molecule has 2 aliphatic rings. The molecule has 0 bridgehead atoms. The van der Waals surface area contributed by atoms with Gasteiger partial charge in [-0.15, -0.1) is 0 Å². The van der Waals surface area contributed by atoms with Gasteiger partial charge in [0.25, 0.3) is 0 Å². The van der Waals surface area contributed by atoms with Crippen LogP contribution in [0.5, 0.6) is 0 Å². The Morgan fingerprint density at radius 3 is 2.75 bits per heavy atom. The second kappa shape index (κ2) is 10.5. The van der Waals surface area contributed by atoms with Crippen molar-refractivity contribution in [3.8, 4) is 0 Å². The third-order valence-electron chi connectivity index (χ3n) is 6.06. The van der Waals surface area contributed by atoms with Crippen LogP contribution in [0.15, 0.2) is 12.1 Å². The molecule has 8 nitrogen and oxygen atoms in total. The molecule has 3 N–H and O–H groups in total. The van der Waals surface area contributed by atoms with E-state index in [-0.39, 0.29) is 18.6 Å². The Labute approximate surface area is 190 Å². The standard InChI is InChI=1S/C24H37N3O5/c1-15(20(22(28)29)27-23(30)32-24(2,3)4)14-31-19-12-16(13-19)7-9-18-10-8-17-6-5-11-25-21(17)26-18/h8,10,15-16,19-20H,5-7,9,11-14H2,1-4H3,(H,25,26)(H,27,30)(H,28,29)/t15-,16?,19?,20-/m0/s1. The van der Waals surface area contributed by atoms with E-state index in [0.717, 1.165) is 50.2 Å². The van der Waals surface area contributed by atoms with E-state index < -0.39 is 23.7 Å². The average Bonchev–Trinajstić information content (AvgIpc) is 2.68. The number of ether oxygens (including phenoxy) is 2. The molecule has 2 heterocycles. The Bertz CT molecular complexity index is 801. The molecule has 0 radical (unpaired) electrons. The van der Waals surface area contributed by atoms with Crippen LogP contribution in [0.1, 0.15) is 64.6 Å². The summed E-state index contributed by atoms with van der Waals surface area (Å²) in [6.45, 7) is 8.26. The maximum Gasteiger partial charge on any atom is 0.408 e. The number of carbonyl (C=O) groups excluding carboxylic acids is 1. The van der Waals surface area contributed by atoms with E-state index >= 15 is 0 Å². The zero-order valence-corrected chi connectivity index (χ0v) is 19.6. The Balaban J connectivity index is 1.36. The molecular weight excluding hydrogens is 410 g/mol. The summed E-state index contributed by atoms with van der Waals surface area (Å²) in [6.07, 6.45) is 5.69. The lowest BCUT2D eigenvalue weighted by atomic mass is 9.79. The summed E-state index contributed by atoms with van der Waals surface area (Å²) in [5, 5.41) is 15.3. The highest BCUT2D eigenvalue weighted by molar-refractivity contribution is 5.80. The van der Waals surface area contributed by atoms with Crippen LogP contribution in [0.3, 0.4) is 0 Å². The highest BCUT2D eigenvalue weighted by Crippen LogP contribution is 2.34. The first-order chi connectivity index (χ1) is 15.1. The van der Waals surface area contributed by atoms with Crippen LogP contribution in [0.25, 0.3) is 0 Å². The molecule has 8 heteroatoms. The lowest BCUT2D eigenvalue weighted by molar-refractivity contribution is -0.142. The normalized spacial score (nSPS) is 22.0. The minimum absolute atomic E-state index is 0.150. The minimum atomic E-state index is -1.09. The van der Waals surface area contributed by atoms with Gasteiger partial charge in [-0.1, -0.05) is 13.0 Å². The van der Waals surface area contributed by atoms with Gasteiger partial charge >= 0.3 is 12.1 Å². The van der Waals surface area contributed by atoms with Crippen molar-refractivity contribution in [2.75, 3.05) is 18.5 Å². The number of nitrogens with zero attached hydrogens (tertiary/aromatic N) is 1. The van der Waals surface area contributed by atoms with Crippen molar-refractivity contribution >= 4 is 17.9 Å². The van der Waals surface area contributed by atoms with E-state index in [9.17, 15) is 14.7 Å². The van der Waals surface area contributed by atoms with Crippen LogP contribution >= 0.6 is 0 Å². The third-order valence-corrected chi connectivity index (χ3v) is 6.06. The number of alkyl carbamates (subject to hydrolysis) is 1. The van der Waals surface area contributed by atoms with Gasteiger partial charge < -0.3 is 25.2 Å². The fourth-order valence-electron chi connectivity index (χ4n) is 4.17. The van der Waals surface area contributed by atoms with Gasteiger partial charge in [0.1, 0.15) is 17.5 Å². The quantitative estimate of drug-likeness (QED) is 0.528. The number of carboxylic acids is 1. The van der Waals surface area contributed by atoms with Crippen molar-refractivity contribution in [1.82, 2.24) is 10.3 Å². The molecule has 1 aliphatic carbocycles. The molecule has 2 atom stereocenters. The number of anilines is 1. The zero-order chi connectivity index (χ0) is 23.3. The fraction of sp³-hybridized carbons (Fsp3) is 0.708. The topological polar surface area (TPSA) is 110 Å². The lowest BCUT2D eigenvalue weighted by Gasteiger charge is -2.36. The van der Waals surface area contributed by atoms with Gasteiger partial charge in [0.2, 0.25) is 0 Å². The number of pyridine rings is 1. The summed E-state index contributed by atoms with van der Waals surface area (Å²) < 4.78 is 11.1. The van der Waals surface area contributed by atoms with Gasteiger partial charge in [0.05, 0.1) is 12.7 Å². The van der Waals surface area contributed by atoms with E-state index in [0.29, 0.717) is 5.92 Å². The molecule has 0 spiro atoms. The number of aliphatic carboxylic acids is 1. The first-order valence-electron chi connectivity index (χ1n) is 11.7. The number of rotatable bonds is 9. The van der Waals surface area contributed by atoms with Crippen molar-refractivity contribution in [2.24, 2.45) is 11.8 Å². The zero-order valence-electron chi connectivity index (χ0n) is 19.6. The van der Waals surface area contributed by atoms with Crippen LogP contribution in [0.4, 0.5) is 10.6 Å². The number of nitrogens with one attached hydrogen (secondary N) is 2. The SMILES string of the molecule is C[C@@H](COC1CC(CCc2ccc3c(n2)NCCC3)C1)[C@H](NC(=O)OC(C)(C)C)C(=O)O. The summed E-state index contributed by atoms with van der Waals surface area (Å²) in [5.41, 5.74) is 1.76. The lowest BCUT2D eigenvalue weighted by Crippen LogP contribution is -2.48. The number of aromatic nitrogens is 1. The van der Waals surface area contributed by atoms with E-state index in [4.69, 9.17) is 14.5 Å². The van der Waals surface area contributed by atoms with Crippen molar-refractivity contribution in [3.05, 3.63) is 23.4 Å². The predicted molar refractivity (Wildman–Crippen MR) is 122 cm³/mol. The van der Waals surface area contributed by atoms with Crippen molar-refractivity contribution in [1.29, 1.82) is 0 Å². The Morgan fingerprint density at radius 1 is 1.31 bits per heavy atom. The Morgan fingerprint density at radius 2 is 2.06 bits per heavy atom. The maximum atomic E-state index is 11.9. The fourth-order valence-corrected chi connectivity index (χ4v) is 4.17. The van der Waals surface area contributed by atoms with Gasteiger partial charge in [-0.2, -0.15) is 0 Å². The molecule has 1 aromatic heterocycles. The van der Waals surface area contributed by atoms with Crippen molar-refractivity contribution in [2.45, 2.75) is 84.0 Å². The molecule has 1 aliphatic heterocycles. The molecule has 1 amide bonds. The number of hydrogen-bond donors (Lipinski definition) is 3. The third kappa shape index (κ3) is 7.08. The monoisotopic (exact) mass is 447 g/mol. The summed E-state index contributed by atoms with van der Waals surface area (Å²) >= 11 is 0. The molecule has 1 aromatic rings. The first kappa shape index (κ1) is 24.3. The van der Waals surface area contributed by atoms with Crippen molar-refractivity contribution < 1.29 is 24.2 Å². The van der Waals surface area contributed by atoms with E-state index in [2.05, 4.69) is 22.8 Å². The predicted octanol–water partition coefficient (Wildman–Crippen LogP) is 3.78. The Kier molecular flexibility index (Phi) is 7.98. The van der Waals surface area contributed by atoms with Crippen LogP contribution in [-0.2, 0) is 27.1 Å². The molecule has 32 heavy (non-hydrogen) atoms. The van der Waals surface area contributed by atoms with Crippen LogP contribution in [0.2, 0.25) is 0 Å². The number of amides is 1. The van der Waals surface area contributed by atoms with Gasteiger partial charge in [0.15, 0.2) is 0 Å². The smallest absolute Gasteiger partial charge is 0.408 e. The first-order valence-corrected chi connectivity index (χ1v) is 11.7. The molecule has 0 saturated heterocycles. The molecule has 1 saturated carbocycles. The Hall–Kier alpha value is -2.35. The average molecular weight is 448 g/mol. The summed E-state index contributed by atoms with van der Waals surface area (Å²) in [6, 6.07) is 3.29. The van der Waals surface area contributed by atoms with Gasteiger partial charge in [-0.3, -0.25) is 0 Å². The molecule has 1 fully saturated rings. The second-order valence-corrected chi connectivity index (χ2v) is 10.1. The second-order valence-electron chi connectivity index (χ2n) is 10.1. The maximum absolute atomic E-state index is 11.9. The number of aryl methyl sites for hydroxylation is 2. The summed E-state index contributed by atoms with van der Waals surface area (Å²) in [4.78, 5) is 28.3. The van der Waals surface area contributed by atoms with Crippen molar-refractivity contribution in [3.63, 3.8) is 0 Å². The molecular formula is C24H37N3O5. The minimum Gasteiger partial charge on any atom is -0.480 e. The molecule has 0 aromatic carbocycles. The number of carboxylic acid groups (broad SMARTS) is 1. The highest BCUT2D eigenvalue weighted by Gasteiger charge is 2.33. The van der Waals surface area contributed by atoms with Crippen LogP contribution in [-0.4, -0.2) is 53.1 Å². The summed E-state index contributed by atoms with van der Waals surface area (Å²) in [7, 11) is 0. The van der Waals surface area contributed by atoms with E-state index in [1.54, 1.807) is 27.7 Å². The summed E-state index contributed by atoms with van der Waals surface area (Å²) in [5.74, 6) is 0.193. The van der Waals surface area contributed by atoms with Crippen LogP contribution in [0, 0.1) is 11.8 Å². The van der Waals surface area contributed by atoms with E-state index in [1.807, 2.05) is 0 Å². The number of hydrogen-bond acceptors (Lipinski definition) is 6.